The molecule has 1 unspecified atom stereocenters. The number of aromatic amines is 1. The number of rotatable bonds is 18. The Morgan fingerprint density at radius 1 is 0.881 bits per heavy atom. The van der Waals surface area contributed by atoms with Crippen molar-refractivity contribution in [2.24, 2.45) is 0 Å². The van der Waals surface area contributed by atoms with Gasteiger partial charge < -0.3 is 32.7 Å². The van der Waals surface area contributed by atoms with Crippen molar-refractivity contribution in [1.29, 1.82) is 0 Å². The second kappa shape index (κ2) is 20.7. The van der Waals surface area contributed by atoms with Crippen LogP contribution in [0.15, 0.2) is 101 Å². The van der Waals surface area contributed by atoms with E-state index < -0.39 is 56.1 Å². The van der Waals surface area contributed by atoms with E-state index in [1.807, 2.05) is 107 Å². The van der Waals surface area contributed by atoms with Crippen LogP contribution in [0.2, 0.25) is 0 Å². The highest BCUT2D eigenvalue weighted by molar-refractivity contribution is 8.76. The van der Waals surface area contributed by atoms with Crippen molar-refractivity contribution in [1.82, 2.24) is 14.2 Å². The van der Waals surface area contributed by atoms with E-state index >= 15 is 4.39 Å². The Hall–Kier alpha value is -3.68. The van der Waals surface area contributed by atoms with E-state index in [-0.39, 0.29) is 31.4 Å². The third kappa shape index (κ3) is 10.3. The summed E-state index contributed by atoms with van der Waals surface area (Å²) in [6, 6.07) is 25.8. The van der Waals surface area contributed by atoms with Gasteiger partial charge in [-0.15, -0.1) is 6.42 Å². The van der Waals surface area contributed by atoms with E-state index in [9.17, 15) is 9.59 Å². The molecule has 0 aliphatic carbocycles. The smallest absolute Gasteiger partial charge is 0.330 e. The SMILES string of the molecule is C#CCO[C@@H]1CSSC[C@H]1OP(O[C@H]1[C@@H](F)[C@H](n2ccc(=O)[nH]c2=O)O[C@@H]1COC(c1ccccc1)(c1ccc(OC)cc1)c1ccc(OC)cc1)N(C(C)C)C(C)C. The minimum absolute atomic E-state index is 0.0691. The highest BCUT2D eigenvalue weighted by Crippen LogP contribution is 2.53. The number of halogens is 1. The number of H-pyrrole nitrogens is 1. The zero-order valence-corrected chi connectivity index (χ0v) is 36.4. The second-order valence-corrected chi connectivity index (χ2v) is 18.4. The predicted molar refractivity (Wildman–Crippen MR) is 231 cm³/mol. The van der Waals surface area contributed by atoms with Crippen molar-refractivity contribution in [2.45, 2.75) is 82.2 Å². The average Bonchev–Trinajstić information content (AvgIpc) is 3.54. The van der Waals surface area contributed by atoms with Crippen LogP contribution < -0.4 is 20.7 Å². The van der Waals surface area contributed by atoms with Crippen LogP contribution in [0.3, 0.4) is 0 Å². The molecule has 0 amide bonds. The molecule has 6 rings (SSSR count). The number of nitrogens with one attached hydrogen (secondary N) is 1. The van der Waals surface area contributed by atoms with Gasteiger partial charge in [0.2, 0.25) is 0 Å². The zero-order valence-electron chi connectivity index (χ0n) is 33.9. The molecule has 59 heavy (non-hydrogen) atoms. The summed E-state index contributed by atoms with van der Waals surface area (Å²) in [5.74, 6) is 5.10. The van der Waals surface area contributed by atoms with Crippen LogP contribution in [0.5, 0.6) is 11.5 Å². The fourth-order valence-electron chi connectivity index (χ4n) is 7.27. The number of alkyl halides is 1. The molecule has 0 saturated carbocycles. The first-order chi connectivity index (χ1) is 28.5. The summed E-state index contributed by atoms with van der Waals surface area (Å²) in [5, 5.41) is 0. The molecule has 2 fully saturated rings. The lowest BCUT2D eigenvalue weighted by atomic mass is 9.80. The molecule has 4 aromatic rings. The summed E-state index contributed by atoms with van der Waals surface area (Å²) in [6.45, 7) is 8.02. The summed E-state index contributed by atoms with van der Waals surface area (Å²) in [4.78, 5) is 27.5. The van der Waals surface area contributed by atoms with E-state index in [0.717, 1.165) is 27.3 Å². The molecule has 1 aromatic heterocycles. The lowest BCUT2D eigenvalue weighted by Gasteiger charge is -2.41. The van der Waals surface area contributed by atoms with E-state index in [1.54, 1.807) is 35.8 Å². The molecule has 16 heteroatoms. The van der Waals surface area contributed by atoms with E-state index in [4.69, 9.17) is 39.2 Å². The lowest BCUT2D eigenvalue weighted by Crippen LogP contribution is -2.43. The molecule has 12 nitrogen and oxygen atoms in total. The largest absolute Gasteiger partial charge is 0.497 e. The minimum Gasteiger partial charge on any atom is -0.497 e. The monoisotopic (exact) mass is 867 g/mol. The van der Waals surface area contributed by atoms with Crippen molar-refractivity contribution >= 4 is 30.1 Å². The first-order valence-electron chi connectivity index (χ1n) is 19.3. The molecular formula is C43H51FN3O9PS2. The first-order valence-corrected chi connectivity index (χ1v) is 22.9. The van der Waals surface area contributed by atoms with Gasteiger partial charge in [0.05, 0.1) is 26.9 Å². The Kier molecular flexibility index (Phi) is 15.8. The number of ether oxygens (including phenoxy) is 5. The Balaban J connectivity index is 1.44. The third-order valence-corrected chi connectivity index (χ3v) is 14.6. The molecule has 0 radical (unpaired) electrons. The van der Waals surface area contributed by atoms with Gasteiger partial charge in [-0.3, -0.25) is 14.3 Å². The number of terminal acetylenes is 1. The quantitative estimate of drug-likeness (QED) is 0.0467. The fraction of sp³-hybridized carbons (Fsp3) is 0.442. The molecule has 2 aliphatic heterocycles. The van der Waals surface area contributed by atoms with Crippen LogP contribution in [-0.2, 0) is 28.9 Å². The summed E-state index contributed by atoms with van der Waals surface area (Å²) in [5.41, 5.74) is -0.401. The van der Waals surface area contributed by atoms with Gasteiger partial charge in [-0.05, 0) is 68.7 Å². The van der Waals surface area contributed by atoms with E-state index in [1.165, 1.54) is 6.20 Å². The van der Waals surface area contributed by atoms with Crippen LogP contribution in [0.25, 0.3) is 0 Å². The number of aromatic nitrogens is 2. The van der Waals surface area contributed by atoms with Crippen LogP contribution in [-0.4, -0.2) is 95.8 Å². The zero-order chi connectivity index (χ0) is 42.1. The second-order valence-electron chi connectivity index (χ2n) is 14.5. The molecule has 0 bridgehead atoms. The van der Waals surface area contributed by atoms with Gasteiger partial charge in [-0.25, -0.2) is 13.9 Å². The van der Waals surface area contributed by atoms with Gasteiger partial charge in [-0.1, -0.05) is 82.1 Å². The maximum atomic E-state index is 17.4. The van der Waals surface area contributed by atoms with E-state index in [0.29, 0.717) is 23.0 Å². The number of hydrogen-bond donors (Lipinski definition) is 1. The van der Waals surface area contributed by atoms with Gasteiger partial charge in [0.25, 0.3) is 14.1 Å². The van der Waals surface area contributed by atoms with Crippen LogP contribution in [0.1, 0.15) is 50.6 Å². The summed E-state index contributed by atoms with van der Waals surface area (Å²) in [6.07, 6.45) is 0.280. The minimum atomic E-state index is -1.98. The maximum absolute atomic E-state index is 17.4. The first kappa shape index (κ1) is 44.9. The van der Waals surface area contributed by atoms with Gasteiger partial charge >= 0.3 is 5.69 Å². The number of nitrogens with zero attached hydrogens (tertiary/aromatic N) is 2. The topological polar surface area (TPSA) is 123 Å². The number of hydrogen-bond acceptors (Lipinski definition) is 12. The Bertz CT molecular complexity index is 2050. The molecule has 1 N–H and O–H groups in total. The van der Waals surface area contributed by atoms with Crippen molar-refractivity contribution in [3.05, 3.63) is 129 Å². The summed E-state index contributed by atoms with van der Waals surface area (Å²) < 4.78 is 65.0. The predicted octanol–water partition coefficient (Wildman–Crippen LogP) is 7.33. The number of benzene rings is 3. The molecule has 7 atom stereocenters. The molecule has 2 aliphatic rings. The van der Waals surface area contributed by atoms with Crippen LogP contribution >= 0.6 is 30.1 Å². The highest BCUT2D eigenvalue weighted by atomic mass is 33.1. The molecule has 3 heterocycles. The van der Waals surface area contributed by atoms with Gasteiger partial charge in [-0.2, -0.15) is 0 Å². The molecular weight excluding hydrogens is 817 g/mol. The highest BCUT2D eigenvalue weighted by Gasteiger charge is 2.52. The summed E-state index contributed by atoms with van der Waals surface area (Å²) in [7, 11) is 4.55. The standard InChI is InChI=1S/C43H51FN3O9PS2/c1-8-24-52-36-26-58-59-27-37(36)55-57(47(28(2)3)29(4)5)56-40-35(54-41(39(40)44)46-23-22-38(48)45-42(46)49)25-53-43(30-12-10-9-11-13-30,31-14-18-33(50-6)19-15-31)32-16-20-34(51-7)21-17-32/h1,9-23,28-29,35-37,39-41H,24-27H2,2-7H3,(H,45,48,49)/t35-,36-,37-,39-,40-,41-,57?/m1/s1. The number of methoxy groups -OCH3 is 2. The Labute approximate surface area is 353 Å². The molecule has 0 spiro atoms. The van der Waals surface area contributed by atoms with Gasteiger partial charge in [0.1, 0.15) is 42.0 Å². The maximum Gasteiger partial charge on any atom is 0.330 e. The normalized spacial score (nSPS) is 22.7. The molecule has 2 saturated heterocycles. The van der Waals surface area contributed by atoms with Gasteiger partial charge in [0, 0.05) is 35.9 Å². The molecule has 3 aromatic carbocycles. The van der Waals surface area contributed by atoms with Crippen molar-refractivity contribution in [2.75, 3.05) is 38.9 Å². The van der Waals surface area contributed by atoms with Gasteiger partial charge in [0.15, 0.2) is 12.4 Å². The van der Waals surface area contributed by atoms with E-state index in [2.05, 4.69) is 15.6 Å². The third-order valence-electron chi connectivity index (χ3n) is 10.1. The van der Waals surface area contributed by atoms with Crippen molar-refractivity contribution in [3.8, 4) is 23.8 Å². The Morgan fingerprint density at radius 2 is 1.46 bits per heavy atom. The van der Waals surface area contributed by atoms with Crippen LogP contribution in [0, 0.1) is 12.3 Å². The average molecular weight is 868 g/mol. The van der Waals surface area contributed by atoms with Crippen LogP contribution in [0.4, 0.5) is 4.39 Å². The molecule has 316 valence electrons. The lowest BCUT2D eigenvalue weighted by molar-refractivity contribution is -0.0942. The Morgan fingerprint density at radius 3 is 2.00 bits per heavy atom. The van der Waals surface area contributed by atoms with Crippen molar-refractivity contribution in [3.63, 3.8) is 0 Å². The van der Waals surface area contributed by atoms with Crippen molar-refractivity contribution < 1.29 is 37.1 Å². The summed E-state index contributed by atoms with van der Waals surface area (Å²) >= 11 is 0. The fourth-order valence-corrected chi connectivity index (χ4v) is 11.7.